The largest absolute Gasteiger partial charge is 0.298 e. The summed E-state index contributed by atoms with van der Waals surface area (Å²) < 4.78 is 2.11. The van der Waals surface area contributed by atoms with Crippen LogP contribution in [0.1, 0.15) is 36.8 Å². The number of imidazole rings is 1. The van der Waals surface area contributed by atoms with Crippen molar-refractivity contribution < 1.29 is 4.79 Å². The summed E-state index contributed by atoms with van der Waals surface area (Å²) in [4.78, 5) is 16.5. The molecule has 21 heavy (non-hydrogen) atoms. The van der Waals surface area contributed by atoms with Crippen molar-refractivity contribution in [1.29, 1.82) is 0 Å². The van der Waals surface area contributed by atoms with Crippen molar-refractivity contribution in [2.45, 2.75) is 49.9 Å². The zero-order chi connectivity index (χ0) is 14.8. The van der Waals surface area contributed by atoms with E-state index in [-0.39, 0.29) is 5.25 Å². The normalized spacial score (nSPS) is 19.0. The van der Waals surface area contributed by atoms with Gasteiger partial charge in [-0.3, -0.25) is 9.36 Å². The van der Waals surface area contributed by atoms with Crippen molar-refractivity contribution in [2.75, 3.05) is 0 Å². The van der Waals surface area contributed by atoms with Gasteiger partial charge in [0.1, 0.15) is 5.78 Å². The number of aromatic nitrogens is 2. The molecule has 1 aromatic carbocycles. The van der Waals surface area contributed by atoms with Crippen LogP contribution in [0.5, 0.6) is 0 Å². The predicted molar refractivity (Wildman–Crippen MR) is 86.2 cm³/mol. The van der Waals surface area contributed by atoms with E-state index in [1.54, 1.807) is 11.8 Å². The topological polar surface area (TPSA) is 34.9 Å². The summed E-state index contributed by atoms with van der Waals surface area (Å²) >= 11 is 1.62. The molecule has 0 bridgehead atoms. The maximum absolute atomic E-state index is 12.0. The predicted octanol–water partition coefficient (Wildman–Crippen LogP) is 4.09. The van der Waals surface area contributed by atoms with Crippen molar-refractivity contribution in [3.63, 3.8) is 0 Å². The van der Waals surface area contributed by atoms with Crippen LogP contribution in [0, 0.1) is 13.8 Å². The van der Waals surface area contributed by atoms with Gasteiger partial charge in [-0.05, 0) is 43.9 Å². The lowest BCUT2D eigenvalue weighted by atomic mass is 9.99. The third-order valence-corrected chi connectivity index (χ3v) is 5.48. The van der Waals surface area contributed by atoms with Crippen LogP contribution in [-0.2, 0) is 4.79 Å². The number of carbonyl (C=O) groups excluding carboxylic acids is 1. The van der Waals surface area contributed by atoms with Gasteiger partial charge >= 0.3 is 0 Å². The second-order valence-corrected chi connectivity index (χ2v) is 6.79. The molecule has 0 radical (unpaired) electrons. The van der Waals surface area contributed by atoms with Crippen LogP contribution in [0.25, 0.3) is 5.69 Å². The van der Waals surface area contributed by atoms with Gasteiger partial charge in [0, 0.05) is 18.8 Å². The van der Waals surface area contributed by atoms with Gasteiger partial charge in [-0.25, -0.2) is 4.98 Å². The first kappa shape index (κ1) is 14.4. The maximum atomic E-state index is 12.0. The molecule has 1 aliphatic carbocycles. The van der Waals surface area contributed by atoms with E-state index in [1.165, 1.54) is 11.1 Å². The molecule has 1 aromatic heterocycles. The van der Waals surface area contributed by atoms with Gasteiger partial charge < -0.3 is 0 Å². The standard InChI is InChI=1S/C17H20N2OS/c1-12-6-5-7-14(13(12)2)19-11-10-18-17(19)21-16-9-4-3-8-15(16)20/h5-7,10-11,16H,3-4,8-9H2,1-2H3. The zero-order valence-corrected chi connectivity index (χ0v) is 13.3. The Labute approximate surface area is 129 Å². The van der Waals surface area contributed by atoms with E-state index in [9.17, 15) is 4.79 Å². The van der Waals surface area contributed by atoms with Crippen molar-refractivity contribution in [3.05, 3.63) is 41.7 Å². The van der Waals surface area contributed by atoms with Crippen LogP contribution in [0.15, 0.2) is 35.7 Å². The van der Waals surface area contributed by atoms with E-state index in [0.29, 0.717) is 5.78 Å². The number of hydrogen-bond acceptors (Lipinski definition) is 3. The maximum Gasteiger partial charge on any atom is 0.173 e. The van der Waals surface area contributed by atoms with Gasteiger partial charge in [0.2, 0.25) is 0 Å². The van der Waals surface area contributed by atoms with Crippen LogP contribution in [0.4, 0.5) is 0 Å². The smallest absolute Gasteiger partial charge is 0.173 e. The van der Waals surface area contributed by atoms with Gasteiger partial charge in [0.05, 0.1) is 10.9 Å². The molecule has 4 heteroatoms. The van der Waals surface area contributed by atoms with Gasteiger partial charge in [-0.2, -0.15) is 0 Å². The van der Waals surface area contributed by atoms with Gasteiger partial charge in [-0.15, -0.1) is 0 Å². The Kier molecular flexibility index (Phi) is 4.15. The lowest BCUT2D eigenvalue weighted by molar-refractivity contribution is -0.119. The number of ketones is 1. The van der Waals surface area contributed by atoms with Crippen LogP contribution in [-0.4, -0.2) is 20.6 Å². The highest BCUT2D eigenvalue weighted by Gasteiger charge is 2.25. The molecule has 3 rings (SSSR count). The molecule has 1 atom stereocenters. The van der Waals surface area contributed by atoms with E-state index in [1.807, 2.05) is 12.4 Å². The summed E-state index contributed by atoms with van der Waals surface area (Å²) in [5.41, 5.74) is 3.68. The van der Waals surface area contributed by atoms with Crippen molar-refractivity contribution >= 4 is 17.5 Å². The molecular weight excluding hydrogens is 280 g/mol. The van der Waals surface area contributed by atoms with E-state index in [0.717, 1.165) is 36.5 Å². The molecule has 110 valence electrons. The Morgan fingerprint density at radius 1 is 1.29 bits per heavy atom. The molecule has 0 amide bonds. The third-order valence-electron chi connectivity index (χ3n) is 4.19. The molecule has 1 unspecified atom stereocenters. The first-order chi connectivity index (χ1) is 10.2. The monoisotopic (exact) mass is 300 g/mol. The highest BCUT2D eigenvalue weighted by molar-refractivity contribution is 8.00. The average Bonchev–Trinajstić information content (AvgIpc) is 2.92. The molecule has 1 saturated carbocycles. The number of thioether (sulfide) groups is 1. The van der Waals surface area contributed by atoms with Gasteiger partial charge in [0.15, 0.2) is 5.16 Å². The van der Waals surface area contributed by atoms with Crippen molar-refractivity contribution in [1.82, 2.24) is 9.55 Å². The van der Waals surface area contributed by atoms with Crippen LogP contribution in [0.2, 0.25) is 0 Å². The number of carbonyl (C=O) groups is 1. The van der Waals surface area contributed by atoms with Crippen LogP contribution >= 0.6 is 11.8 Å². The quantitative estimate of drug-likeness (QED) is 0.856. The number of benzene rings is 1. The minimum atomic E-state index is 0.0741. The molecule has 2 aromatic rings. The molecule has 0 spiro atoms. The summed E-state index contributed by atoms with van der Waals surface area (Å²) in [7, 11) is 0. The molecule has 0 saturated heterocycles. The van der Waals surface area contributed by atoms with Gasteiger partial charge in [0.25, 0.3) is 0 Å². The summed E-state index contributed by atoms with van der Waals surface area (Å²) in [6.45, 7) is 4.25. The second-order valence-electron chi connectivity index (χ2n) is 5.62. The van der Waals surface area contributed by atoms with E-state index in [4.69, 9.17) is 0 Å². The first-order valence-corrected chi connectivity index (χ1v) is 8.34. The number of nitrogens with zero attached hydrogens (tertiary/aromatic N) is 2. The molecular formula is C17H20N2OS. The second kappa shape index (κ2) is 6.06. The molecule has 1 aliphatic rings. The summed E-state index contributed by atoms with van der Waals surface area (Å²) in [5.74, 6) is 0.377. The third kappa shape index (κ3) is 2.91. The van der Waals surface area contributed by atoms with Crippen molar-refractivity contribution in [3.8, 4) is 5.69 Å². The lowest BCUT2D eigenvalue weighted by Crippen LogP contribution is -2.21. The van der Waals surface area contributed by atoms with Crippen molar-refractivity contribution in [2.24, 2.45) is 0 Å². The number of Topliss-reactive ketones (excluding diaryl/α,β-unsaturated/α-hetero) is 1. The Bertz CT molecular complexity index is 663. The van der Waals surface area contributed by atoms with E-state index >= 15 is 0 Å². The highest BCUT2D eigenvalue weighted by Crippen LogP contribution is 2.32. The fourth-order valence-corrected chi connectivity index (χ4v) is 3.94. The molecule has 1 heterocycles. The van der Waals surface area contributed by atoms with Gasteiger partial charge in [-0.1, -0.05) is 30.3 Å². The Morgan fingerprint density at radius 3 is 2.95 bits per heavy atom. The van der Waals surface area contributed by atoms with Crippen LogP contribution < -0.4 is 0 Å². The summed E-state index contributed by atoms with van der Waals surface area (Å²) in [6, 6.07) is 6.29. The zero-order valence-electron chi connectivity index (χ0n) is 12.5. The van der Waals surface area contributed by atoms with Crippen LogP contribution in [0.3, 0.4) is 0 Å². The SMILES string of the molecule is Cc1cccc(-n2ccnc2SC2CCCCC2=O)c1C. The number of rotatable bonds is 3. The first-order valence-electron chi connectivity index (χ1n) is 7.46. The minimum absolute atomic E-state index is 0.0741. The average molecular weight is 300 g/mol. The summed E-state index contributed by atoms with van der Waals surface area (Å²) in [5, 5.41) is 0.994. The Morgan fingerprint density at radius 2 is 2.14 bits per heavy atom. The lowest BCUT2D eigenvalue weighted by Gasteiger charge is -2.20. The molecule has 1 fully saturated rings. The fourth-order valence-electron chi connectivity index (χ4n) is 2.76. The fraction of sp³-hybridized carbons (Fsp3) is 0.412. The summed E-state index contributed by atoms with van der Waals surface area (Å²) in [6.07, 6.45) is 7.69. The Hall–Kier alpha value is -1.55. The minimum Gasteiger partial charge on any atom is -0.298 e. The molecule has 3 nitrogen and oxygen atoms in total. The van der Waals surface area contributed by atoms with E-state index in [2.05, 4.69) is 41.6 Å². The van der Waals surface area contributed by atoms with E-state index < -0.39 is 0 Å². The number of aryl methyl sites for hydroxylation is 1. The highest BCUT2D eigenvalue weighted by atomic mass is 32.2. The molecule has 0 N–H and O–H groups in total. The number of hydrogen-bond donors (Lipinski definition) is 0. The Balaban J connectivity index is 1.90. The molecule has 0 aliphatic heterocycles.